The zero-order valence-corrected chi connectivity index (χ0v) is 9.22. The zero-order chi connectivity index (χ0) is 10.2. The summed E-state index contributed by atoms with van der Waals surface area (Å²) in [6, 6.07) is 14.8. The third kappa shape index (κ3) is 5.33. The summed E-state index contributed by atoms with van der Waals surface area (Å²) in [4.78, 5) is 9.87. The van der Waals surface area contributed by atoms with Gasteiger partial charge in [0.1, 0.15) is 0 Å². The topological polar surface area (TPSA) is 37.3 Å². The van der Waals surface area contributed by atoms with Gasteiger partial charge in [-0.2, -0.15) is 12.1 Å². The monoisotopic (exact) mass is 244 g/mol. The van der Waals surface area contributed by atoms with E-state index in [1.807, 2.05) is 36.4 Å². The minimum absolute atomic E-state index is 0. The van der Waals surface area contributed by atoms with Gasteiger partial charge in [-0.05, 0) is 0 Å². The molecule has 0 bridgehead atoms. The summed E-state index contributed by atoms with van der Waals surface area (Å²) in [6.07, 6.45) is 0.833. The second kappa shape index (κ2) is 8.18. The molecule has 3 heteroatoms. The summed E-state index contributed by atoms with van der Waals surface area (Å²) < 4.78 is 0. The van der Waals surface area contributed by atoms with E-state index >= 15 is 0 Å². The number of hydrogen-bond donors (Lipinski definition) is 1. The predicted octanol–water partition coefficient (Wildman–Crippen LogP) is 2.11. The molecule has 0 fully saturated rings. The van der Waals surface area contributed by atoms with Crippen LogP contribution in [-0.4, -0.2) is 11.4 Å². The molecule has 0 saturated carbocycles. The van der Waals surface area contributed by atoms with Crippen LogP contribution in [0.15, 0.2) is 48.5 Å². The molecule has 0 atom stereocenters. The molecule has 2 aromatic rings. The van der Waals surface area contributed by atoms with Gasteiger partial charge in [-0.25, -0.2) is 12.1 Å². The van der Waals surface area contributed by atoms with Gasteiger partial charge >= 0.3 is 0 Å². The fourth-order valence-electron chi connectivity index (χ4n) is 0.987. The van der Waals surface area contributed by atoms with Crippen LogP contribution in [0.1, 0.15) is 15.9 Å². The first-order valence-electron chi connectivity index (χ1n) is 4.35. The van der Waals surface area contributed by atoms with E-state index in [9.17, 15) is 4.79 Å². The van der Waals surface area contributed by atoms with Crippen molar-refractivity contribution in [3.8, 4) is 0 Å². The summed E-state index contributed by atoms with van der Waals surface area (Å²) in [5.74, 6) is 0. The van der Waals surface area contributed by atoms with Crippen LogP contribution in [0.3, 0.4) is 0 Å². The Balaban J connectivity index is 0.000000245. The molecule has 0 radical (unpaired) electrons. The van der Waals surface area contributed by atoms with Gasteiger partial charge in [0.25, 0.3) is 0 Å². The van der Waals surface area contributed by atoms with Gasteiger partial charge in [-0.15, -0.1) is 6.61 Å². The van der Waals surface area contributed by atoms with E-state index in [-0.39, 0.29) is 23.7 Å². The maximum absolute atomic E-state index is 9.87. The van der Waals surface area contributed by atoms with Crippen molar-refractivity contribution in [1.29, 1.82) is 0 Å². The Morgan fingerprint density at radius 2 is 1.73 bits per heavy atom. The van der Waals surface area contributed by atoms with Crippen molar-refractivity contribution in [3.63, 3.8) is 0 Å². The third-order valence-corrected chi connectivity index (χ3v) is 1.74. The van der Waals surface area contributed by atoms with Gasteiger partial charge in [-0.1, -0.05) is 5.56 Å². The van der Waals surface area contributed by atoms with Gasteiger partial charge in [0, 0.05) is 17.1 Å². The van der Waals surface area contributed by atoms with Gasteiger partial charge in [0.15, 0.2) is 0 Å². The number of carbonyl (C=O) groups excluding carboxylic acids is 1. The smallest absolute Gasteiger partial charge is 0.0949 e. The average Bonchev–Trinajstić information content (AvgIpc) is 2.92. The predicted molar refractivity (Wildman–Crippen MR) is 55.4 cm³/mol. The Morgan fingerprint density at radius 1 is 1.20 bits per heavy atom. The Labute approximate surface area is 99.8 Å². The second-order valence-corrected chi connectivity index (χ2v) is 2.79. The maximum Gasteiger partial charge on any atom is 0.0949 e. The molecule has 0 aliphatic carbocycles. The number of aliphatic hydroxyl groups is 1. The largest absolute Gasteiger partial charge is 0.747 e. The molecule has 15 heavy (non-hydrogen) atoms. The van der Waals surface area contributed by atoms with Crippen molar-refractivity contribution in [3.05, 3.63) is 59.7 Å². The molecule has 2 rings (SSSR count). The van der Waals surface area contributed by atoms with Crippen LogP contribution < -0.4 is 0 Å². The molecular weight excluding hydrogens is 232 g/mol. The molecule has 2 aromatic carbocycles. The molecule has 0 unspecified atom stereocenters. The van der Waals surface area contributed by atoms with Crippen molar-refractivity contribution in [2.24, 2.45) is 0 Å². The zero-order valence-electron chi connectivity index (χ0n) is 8.11. The van der Waals surface area contributed by atoms with Crippen molar-refractivity contribution in [2.45, 2.75) is 6.61 Å². The van der Waals surface area contributed by atoms with Crippen LogP contribution in [0.2, 0.25) is 0 Å². The van der Waals surface area contributed by atoms with Gasteiger partial charge in [0.2, 0.25) is 0 Å². The molecule has 0 aliphatic rings. The number of carbonyl (C=O) groups is 1. The molecule has 2 nitrogen and oxygen atoms in total. The van der Waals surface area contributed by atoms with E-state index in [2.05, 4.69) is 0 Å². The molecule has 0 heterocycles. The quantitative estimate of drug-likeness (QED) is 0.499. The van der Waals surface area contributed by atoms with Crippen molar-refractivity contribution in [1.82, 2.24) is 0 Å². The molecule has 1 N–H and O–H groups in total. The van der Waals surface area contributed by atoms with Crippen LogP contribution >= 0.6 is 0 Å². The van der Waals surface area contributed by atoms with Crippen LogP contribution in [0, 0.1) is 0 Å². The SMILES string of the molecule is O=C[c-]1cccc1.OC[c-]1[cH-][cH-][cH-][cH-]1.[Fe]. The Kier molecular flexibility index (Phi) is 7.55. The van der Waals surface area contributed by atoms with E-state index in [4.69, 9.17) is 5.11 Å². The van der Waals surface area contributed by atoms with Crippen molar-refractivity contribution in [2.75, 3.05) is 0 Å². The molecule has 0 aliphatic heterocycles. The van der Waals surface area contributed by atoms with Gasteiger partial charge in [0.05, 0.1) is 6.29 Å². The number of hydrogen-bond acceptors (Lipinski definition) is 2. The first-order valence-corrected chi connectivity index (χ1v) is 4.35. The minimum atomic E-state index is 0. The Morgan fingerprint density at radius 3 is 2.00 bits per heavy atom. The number of aliphatic hydroxyl groups excluding tert-OH is 1. The van der Waals surface area contributed by atoms with Crippen LogP contribution in [-0.2, 0) is 23.7 Å². The van der Waals surface area contributed by atoms with Gasteiger partial charge in [-0.3, -0.25) is 0 Å². The molecule has 0 aromatic heterocycles. The first-order chi connectivity index (χ1) is 6.86. The van der Waals surface area contributed by atoms with Gasteiger partial charge < -0.3 is 39.7 Å². The molecule has 86 valence electrons. The minimum Gasteiger partial charge on any atom is -0.747 e. The molecule has 0 saturated heterocycles. The molecule has 0 spiro atoms. The fraction of sp³-hybridized carbons (Fsp3) is 0.0833. The summed E-state index contributed by atoms with van der Waals surface area (Å²) in [7, 11) is 0. The average molecular weight is 244 g/mol. The summed E-state index contributed by atoms with van der Waals surface area (Å²) in [5.41, 5.74) is 1.74. The normalized spacial score (nSPS) is 8.33. The Bertz CT molecular complexity index is 336. The first kappa shape index (κ1) is 13.8. The van der Waals surface area contributed by atoms with E-state index in [0.717, 1.165) is 17.4 Å². The van der Waals surface area contributed by atoms with Crippen LogP contribution in [0.25, 0.3) is 0 Å². The van der Waals surface area contributed by atoms with E-state index in [0.29, 0.717) is 0 Å². The van der Waals surface area contributed by atoms with Crippen molar-refractivity contribution >= 4 is 6.29 Å². The molecular formula is C12H12FeO2-6. The van der Waals surface area contributed by atoms with Crippen LogP contribution in [0.5, 0.6) is 0 Å². The maximum atomic E-state index is 9.87. The van der Waals surface area contributed by atoms with E-state index < -0.39 is 0 Å². The summed E-state index contributed by atoms with van der Waals surface area (Å²) in [5, 5.41) is 8.43. The number of aldehydes is 1. The fourth-order valence-corrected chi connectivity index (χ4v) is 0.987. The summed E-state index contributed by atoms with van der Waals surface area (Å²) in [6.45, 7) is 0.160. The summed E-state index contributed by atoms with van der Waals surface area (Å²) >= 11 is 0. The Hall–Kier alpha value is -1.15. The second-order valence-electron chi connectivity index (χ2n) is 2.79. The third-order valence-electron chi connectivity index (χ3n) is 1.74. The van der Waals surface area contributed by atoms with E-state index in [1.165, 1.54) is 0 Å². The standard InChI is InChI=1S/C6H7O.C6H5O.Fe/c2*7-5-6-3-1-2-4-6;/h1-4,7H,5H2;1-5H;/q-5;-1;. The number of rotatable bonds is 2. The molecule has 0 amide bonds. The van der Waals surface area contributed by atoms with Crippen molar-refractivity contribution < 1.29 is 27.0 Å². The van der Waals surface area contributed by atoms with E-state index in [1.54, 1.807) is 12.1 Å². The van der Waals surface area contributed by atoms with Crippen LogP contribution in [0.4, 0.5) is 0 Å².